The summed E-state index contributed by atoms with van der Waals surface area (Å²) in [5.41, 5.74) is 3.23. The van der Waals surface area contributed by atoms with E-state index in [9.17, 15) is 14.4 Å². The second-order valence-electron chi connectivity index (χ2n) is 6.25. The number of ether oxygens (including phenoxy) is 1. The maximum absolute atomic E-state index is 12.2. The summed E-state index contributed by atoms with van der Waals surface area (Å²) >= 11 is 17.6. The van der Waals surface area contributed by atoms with E-state index >= 15 is 0 Å². The predicted molar refractivity (Wildman–Crippen MR) is 124 cm³/mol. The Morgan fingerprint density at radius 1 is 0.844 bits per heavy atom. The Hall–Kier alpha value is -3.39. The first-order valence-electron chi connectivity index (χ1n) is 8.99. The molecular weight excluding hydrogens is 477 g/mol. The molecular formula is C22H14Cl3N3O4. The predicted octanol–water partition coefficient (Wildman–Crippen LogP) is 4.95. The SMILES string of the molecule is O=C(N/N=C/c1cccc(OC(=O)c2cccc(Cl)c2)c1)C(=O)Nc1ccc(Cl)c(Cl)c1. The Morgan fingerprint density at radius 3 is 2.38 bits per heavy atom. The van der Waals surface area contributed by atoms with Crippen LogP contribution in [0.3, 0.4) is 0 Å². The molecule has 0 heterocycles. The number of rotatable bonds is 5. The van der Waals surface area contributed by atoms with Crippen LogP contribution in [0.4, 0.5) is 5.69 Å². The minimum Gasteiger partial charge on any atom is -0.423 e. The summed E-state index contributed by atoms with van der Waals surface area (Å²) in [5, 5.41) is 7.08. The van der Waals surface area contributed by atoms with Crippen molar-refractivity contribution in [2.45, 2.75) is 0 Å². The topological polar surface area (TPSA) is 96.9 Å². The fraction of sp³-hybridized carbons (Fsp3) is 0. The van der Waals surface area contributed by atoms with E-state index in [1.165, 1.54) is 36.5 Å². The van der Waals surface area contributed by atoms with Gasteiger partial charge >= 0.3 is 17.8 Å². The van der Waals surface area contributed by atoms with Gasteiger partial charge in [-0.2, -0.15) is 5.10 Å². The average Bonchev–Trinajstić information content (AvgIpc) is 2.76. The molecule has 0 aliphatic rings. The third-order valence-electron chi connectivity index (χ3n) is 3.89. The molecule has 32 heavy (non-hydrogen) atoms. The van der Waals surface area contributed by atoms with Crippen molar-refractivity contribution in [1.29, 1.82) is 0 Å². The van der Waals surface area contributed by atoms with Gasteiger partial charge in [-0.25, -0.2) is 10.2 Å². The zero-order valence-corrected chi connectivity index (χ0v) is 18.4. The Labute approximate surface area is 197 Å². The largest absolute Gasteiger partial charge is 0.423 e. The Balaban J connectivity index is 1.57. The van der Waals surface area contributed by atoms with Crippen LogP contribution in [0.25, 0.3) is 0 Å². The molecule has 7 nitrogen and oxygen atoms in total. The number of nitrogens with one attached hydrogen (secondary N) is 2. The number of hydrogen-bond acceptors (Lipinski definition) is 5. The molecule has 3 rings (SSSR count). The quantitative estimate of drug-likeness (QED) is 0.174. The van der Waals surface area contributed by atoms with Gasteiger partial charge in [-0.05, 0) is 54.1 Å². The van der Waals surface area contributed by atoms with Crippen molar-refractivity contribution in [3.05, 3.63) is 92.9 Å². The van der Waals surface area contributed by atoms with Crippen LogP contribution in [0.1, 0.15) is 15.9 Å². The lowest BCUT2D eigenvalue weighted by Crippen LogP contribution is -2.32. The van der Waals surface area contributed by atoms with E-state index in [1.54, 1.807) is 36.4 Å². The summed E-state index contributed by atoms with van der Waals surface area (Å²) < 4.78 is 5.32. The molecule has 0 aliphatic heterocycles. The number of amides is 2. The van der Waals surface area contributed by atoms with E-state index in [4.69, 9.17) is 39.5 Å². The van der Waals surface area contributed by atoms with E-state index in [0.29, 0.717) is 26.9 Å². The van der Waals surface area contributed by atoms with E-state index in [0.717, 1.165) is 0 Å². The average molecular weight is 491 g/mol. The molecule has 0 unspecified atom stereocenters. The minimum absolute atomic E-state index is 0.235. The van der Waals surface area contributed by atoms with Gasteiger partial charge in [0.2, 0.25) is 0 Å². The molecule has 10 heteroatoms. The normalized spacial score (nSPS) is 10.6. The first-order chi connectivity index (χ1) is 15.3. The summed E-state index contributed by atoms with van der Waals surface area (Å²) in [6.45, 7) is 0. The molecule has 3 aromatic carbocycles. The number of carbonyl (C=O) groups excluding carboxylic acids is 3. The van der Waals surface area contributed by atoms with Gasteiger partial charge in [0.25, 0.3) is 0 Å². The number of benzene rings is 3. The maximum atomic E-state index is 12.2. The van der Waals surface area contributed by atoms with Crippen LogP contribution in [0.15, 0.2) is 71.8 Å². The second kappa shape index (κ2) is 10.8. The van der Waals surface area contributed by atoms with Crippen molar-refractivity contribution in [3.8, 4) is 5.75 Å². The molecule has 0 aromatic heterocycles. The minimum atomic E-state index is -0.990. The molecule has 3 aromatic rings. The highest BCUT2D eigenvalue weighted by Crippen LogP contribution is 2.25. The van der Waals surface area contributed by atoms with E-state index in [-0.39, 0.29) is 10.8 Å². The Morgan fingerprint density at radius 2 is 1.62 bits per heavy atom. The lowest BCUT2D eigenvalue weighted by molar-refractivity contribution is -0.136. The van der Waals surface area contributed by atoms with Crippen LogP contribution in [0, 0.1) is 0 Å². The number of hydrazone groups is 1. The first kappa shape index (κ1) is 23.3. The summed E-state index contributed by atoms with van der Waals surface area (Å²) in [6.07, 6.45) is 1.29. The molecule has 0 fully saturated rings. The smallest absolute Gasteiger partial charge is 0.343 e. The monoisotopic (exact) mass is 489 g/mol. The Bertz CT molecular complexity index is 1210. The fourth-order valence-electron chi connectivity index (χ4n) is 2.42. The van der Waals surface area contributed by atoms with E-state index < -0.39 is 17.8 Å². The summed E-state index contributed by atoms with van der Waals surface area (Å²) in [4.78, 5) is 36.1. The van der Waals surface area contributed by atoms with Crippen LogP contribution in [-0.2, 0) is 9.59 Å². The summed E-state index contributed by atoms with van der Waals surface area (Å²) in [5.74, 6) is -2.24. The van der Waals surface area contributed by atoms with Crippen molar-refractivity contribution in [2.75, 3.05) is 5.32 Å². The number of anilines is 1. The van der Waals surface area contributed by atoms with Crippen molar-refractivity contribution in [1.82, 2.24) is 5.43 Å². The maximum Gasteiger partial charge on any atom is 0.343 e. The highest BCUT2D eigenvalue weighted by molar-refractivity contribution is 6.43. The lowest BCUT2D eigenvalue weighted by atomic mass is 10.2. The van der Waals surface area contributed by atoms with Crippen LogP contribution in [-0.4, -0.2) is 24.0 Å². The number of carbonyl (C=O) groups is 3. The Kier molecular flexibility index (Phi) is 7.83. The molecule has 0 radical (unpaired) electrons. The molecule has 2 N–H and O–H groups in total. The van der Waals surface area contributed by atoms with Gasteiger partial charge in [0, 0.05) is 10.7 Å². The zero-order chi connectivity index (χ0) is 23.1. The van der Waals surface area contributed by atoms with Crippen LogP contribution >= 0.6 is 34.8 Å². The van der Waals surface area contributed by atoms with Crippen LogP contribution in [0.2, 0.25) is 15.1 Å². The molecule has 0 bridgehead atoms. The third kappa shape index (κ3) is 6.55. The zero-order valence-electron chi connectivity index (χ0n) is 16.1. The first-order valence-corrected chi connectivity index (χ1v) is 10.1. The molecule has 0 atom stereocenters. The third-order valence-corrected chi connectivity index (χ3v) is 4.87. The number of hydrogen-bond donors (Lipinski definition) is 2. The lowest BCUT2D eigenvalue weighted by Gasteiger charge is -2.06. The van der Waals surface area contributed by atoms with Gasteiger partial charge in [-0.1, -0.05) is 53.0 Å². The highest BCUT2D eigenvalue weighted by atomic mass is 35.5. The van der Waals surface area contributed by atoms with Crippen molar-refractivity contribution in [2.24, 2.45) is 5.10 Å². The van der Waals surface area contributed by atoms with Gasteiger partial charge in [0.1, 0.15) is 5.75 Å². The van der Waals surface area contributed by atoms with Crippen molar-refractivity contribution >= 4 is 64.5 Å². The summed E-state index contributed by atoms with van der Waals surface area (Å²) in [6, 6.07) is 17.2. The molecule has 162 valence electrons. The number of nitrogens with zero attached hydrogens (tertiary/aromatic N) is 1. The molecule has 0 spiro atoms. The fourth-order valence-corrected chi connectivity index (χ4v) is 2.91. The van der Waals surface area contributed by atoms with Gasteiger partial charge in [0.05, 0.1) is 21.8 Å². The molecule has 0 aliphatic carbocycles. The molecule has 0 saturated heterocycles. The standard InChI is InChI=1S/C22H14Cl3N3O4/c23-15-5-2-4-14(10-15)22(31)32-17-6-1-3-13(9-17)12-26-28-21(30)20(29)27-16-7-8-18(24)19(25)11-16/h1-12H,(H,27,29)(H,28,30)/b26-12+. The summed E-state index contributed by atoms with van der Waals surface area (Å²) in [7, 11) is 0. The van der Waals surface area contributed by atoms with Gasteiger partial charge in [-0.3, -0.25) is 9.59 Å². The van der Waals surface area contributed by atoms with Gasteiger partial charge in [-0.15, -0.1) is 0 Å². The van der Waals surface area contributed by atoms with Crippen molar-refractivity contribution < 1.29 is 19.1 Å². The molecule has 2 amide bonds. The van der Waals surface area contributed by atoms with Crippen molar-refractivity contribution in [3.63, 3.8) is 0 Å². The van der Waals surface area contributed by atoms with Gasteiger partial charge in [0.15, 0.2) is 0 Å². The highest BCUT2D eigenvalue weighted by Gasteiger charge is 2.13. The van der Waals surface area contributed by atoms with E-state index in [1.807, 2.05) is 0 Å². The number of halogens is 3. The molecule has 0 saturated carbocycles. The second-order valence-corrected chi connectivity index (χ2v) is 7.51. The number of esters is 1. The van der Waals surface area contributed by atoms with E-state index in [2.05, 4.69) is 15.8 Å². The van der Waals surface area contributed by atoms with Gasteiger partial charge < -0.3 is 10.1 Å². The van der Waals surface area contributed by atoms with Crippen LogP contribution < -0.4 is 15.5 Å². The van der Waals surface area contributed by atoms with Crippen LogP contribution in [0.5, 0.6) is 5.75 Å².